The lowest BCUT2D eigenvalue weighted by Gasteiger charge is -2.22. The molecule has 18 heavy (non-hydrogen) atoms. The topological polar surface area (TPSA) is 59.1 Å². The van der Waals surface area contributed by atoms with Crippen LogP contribution in [-0.4, -0.2) is 24.8 Å². The summed E-state index contributed by atoms with van der Waals surface area (Å²) in [5, 5.41) is 0. The Balaban J connectivity index is 2.58. The van der Waals surface area contributed by atoms with Crippen LogP contribution in [-0.2, 0) is 10.0 Å². The Morgan fingerprint density at radius 3 is 2.61 bits per heavy atom. The van der Waals surface area contributed by atoms with Crippen molar-refractivity contribution in [1.29, 1.82) is 0 Å². The van der Waals surface area contributed by atoms with E-state index in [-0.39, 0.29) is 15.1 Å². The van der Waals surface area contributed by atoms with Crippen molar-refractivity contribution in [3.8, 4) is 0 Å². The number of nitrogens with zero attached hydrogens (tertiary/aromatic N) is 1. The Bertz CT molecular complexity index is 469. The summed E-state index contributed by atoms with van der Waals surface area (Å²) in [5.41, 5.74) is 0.161. The van der Waals surface area contributed by atoms with Crippen molar-refractivity contribution >= 4 is 26.0 Å². The van der Waals surface area contributed by atoms with Gasteiger partial charge in [-0.15, -0.1) is 0 Å². The number of pyridine rings is 1. The number of rotatable bonds is 5. The van der Waals surface area contributed by atoms with E-state index >= 15 is 0 Å². The zero-order chi connectivity index (χ0) is 13.8. The van der Waals surface area contributed by atoms with Crippen LogP contribution in [0.5, 0.6) is 0 Å². The third kappa shape index (κ3) is 5.46. The van der Waals surface area contributed by atoms with E-state index < -0.39 is 10.0 Å². The molecule has 1 atom stereocenters. The molecule has 0 radical (unpaired) electrons. The minimum atomic E-state index is -3.45. The molecule has 1 heterocycles. The normalized spacial score (nSPS) is 14.4. The molecule has 0 aromatic carbocycles. The fraction of sp³-hybridized carbons (Fsp3) is 0.583. The Hall–Kier alpha value is -0.460. The van der Waals surface area contributed by atoms with Gasteiger partial charge in [0.1, 0.15) is 4.90 Å². The van der Waals surface area contributed by atoms with Gasteiger partial charge in [0.05, 0.1) is 0 Å². The summed E-state index contributed by atoms with van der Waals surface area (Å²) in [5.74, 6) is 0. The molecule has 0 aliphatic rings. The predicted octanol–water partition coefficient (Wildman–Crippen LogP) is 2.56. The Kier molecular flexibility index (Phi) is 5.31. The molecular formula is C12H19BrN2O2S. The molecule has 1 rings (SSSR count). The van der Waals surface area contributed by atoms with E-state index in [0.29, 0.717) is 6.54 Å². The fourth-order valence-electron chi connectivity index (χ4n) is 1.53. The number of sulfonamides is 1. The third-order valence-electron chi connectivity index (χ3n) is 2.27. The van der Waals surface area contributed by atoms with Crippen molar-refractivity contribution in [2.45, 2.75) is 36.9 Å². The van der Waals surface area contributed by atoms with E-state index in [2.05, 4.69) is 46.4 Å². The van der Waals surface area contributed by atoms with Crippen LogP contribution in [0.4, 0.5) is 0 Å². The number of hydrogen-bond acceptors (Lipinski definition) is 3. The summed E-state index contributed by atoms with van der Waals surface area (Å²) in [4.78, 5) is 4.12. The van der Waals surface area contributed by atoms with Crippen LogP contribution in [0.1, 0.15) is 27.2 Å². The van der Waals surface area contributed by atoms with Gasteiger partial charge < -0.3 is 0 Å². The number of nitrogens with one attached hydrogen (secondary N) is 1. The highest BCUT2D eigenvalue weighted by Crippen LogP contribution is 2.24. The van der Waals surface area contributed by atoms with E-state index in [1.54, 1.807) is 12.3 Å². The maximum absolute atomic E-state index is 11.9. The number of halogens is 1. The van der Waals surface area contributed by atoms with Crippen molar-refractivity contribution in [3.63, 3.8) is 0 Å². The fourth-order valence-corrected chi connectivity index (χ4v) is 3.92. The minimum Gasteiger partial charge on any atom is -0.263 e. The Labute approximate surface area is 117 Å². The molecule has 0 bridgehead atoms. The van der Waals surface area contributed by atoms with Crippen molar-refractivity contribution < 1.29 is 8.42 Å². The summed E-state index contributed by atoms with van der Waals surface area (Å²) in [6.07, 6.45) is 3.78. The van der Waals surface area contributed by atoms with Crippen molar-refractivity contribution in [2.75, 3.05) is 6.54 Å². The Morgan fingerprint density at radius 2 is 2.11 bits per heavy atom. The standard InChI is InChI=1S/C12H19BrN2O2S/c1-12(2,3)7-10(13)8-15-18(16,17)11-5-4-6-14-9-11/h4-6,9-10,15H,7-8H2,1-3H3. The van der Waals surface area contributed by atoms with E-state index in [1.165, 1.54) is 12.3 Å². The second-order valence-electron chi connectivity index (χ2n) is 5.40. The molecule has 1 N–H and O–H groups in total. The summed E-state index contributed by atoms with van der Waals surface area (Å²) >= 11 is 3.50. The lowest BCUT2D eigenvalue weighted by molar-refractivity contribution is 0.373. The SMILES string of the molecule is CC(C)(C)CC(Br)CNS(=O)(=O)c1cccnc1. The van der Waals surface area contributed by atoms with Crippen LogP contribution in [0.3, 0.4) is 0 Å². The number of aromatic nitrogens is 1. The van der Waals surface area contributed by atoms with E-state index in [4.69, 9.17) is 0 Å². The number of hydrogen-bond donors (Lipinski definition) is 1. The molecule has 0 saturated heterocycles. The molecule has 0 amide bonds. The van der Waals surface area contributed by atoms with Crippen LogP contribution in [0.15, 0.2) is 29.4 Å². The molecule has 1 unspecified atom stereocenters. The van der Waals surface area contributed by atoms with Gasteiger partial charge in [-0.3, -0.25) is 4.98 Å². The van der Waals surface area contributed by atoms with Crippen LogP contribution >= 0.6 is 15.9 Å². The summed E-state index contributed by atoms with van der Waals surface area (Å²) < 4.78 is 26.4. The molecule has 0 aliphatic carbocycles. The first-order chi connectivity index (χ1) is 8.21. The zero-order valence-corrected chi connectivity index (χ0v) is 13.3. The smallest absolute Gasteiger partial charge is 0.242 e. The summed E-state index contributed by atoms with van der Waals surface area (Å²) in [6, 6.07) is 3.14. The average Bonchev–Trinajstić information content (AvgIpc) is 2.26. The van der Waals surface area contributed by atoms with E-state index in [9.17, 15) is 8.42 Å². The van der Waals surface area contributed by atoms with Crippen LogP contribution in [0.25, 0.3) is 0 Å². The lowest BCUT2D eigenvalue weighted by Crippen LogP contribution is -2.31. The van der Waals surface area contributed by atoms with E-state index in [0.717, 1.165) is 6.42 Å². The largest absolute Gasteiger partial charge is 0.263 e. The first-order valence-electron chi connectivity index (χ1n) is 5.74. The predicted molar refractivity (Wildman–Crippen MR) is 76.2 cm³/mol. The van der Waals surface area contributed by atoms with Gasteiger partial charge in [0.25, 0.3) is 0 Å². The molecule has 102 valence electrons. The highest BCUT2D eigenvalue weighted by atomic mass is 79.9. The van der Waals surface area contributed by atoms with Gasteiger partial charge in [0, 0.05) is 23.8 Å². The first-order valence-corrected chi connectivity index (χ1v) is 8.14. The van der Waals surface area contributed by atoms with Gasteiger partial charge in [-0.1, -0.05) is 36.7 Å². The summed E-state index contributed by atoms with van der Waals surface area (Å²) in [6.45, 7) is 6.74. The molecule has 6 heteroatoms. The third-order valence-corrected chi connectivity index (χ3v) is 4.33. The Morgan fingerprint density at radius 1 is 1.44 bits per heavy atom. The summed E-state index contributed by atoms with van der Waals surface area (Å²) in [7, 11) is -3.45. The van der Waals surface area contributed by atoms with Gasteiger partial charge in [-0.2, -0.15) is 0 Å². The zero-order valence-electron chi connectivity index (χ0n) is 10.9. The van der Waals surface area contributed by atoms with Gasteiger partial charge >= 0.3 is 0 Å². The average molecular weight is 335 g/mol. The molecule has 0 aliphatic heterocycles. The number of alkyl halides is 1. The van der Waals surface area contributed by atoms with Gasteiger partial charge in [0.15, 0.2) is 0 Å². The maximum atomic E-state index is 11.9. The molecule has 1 aromatic rings. The van der Waals surface area contributed by atoms with Crippen LogP contribution in [0, 0.1) is 5.41 Å². The van der Waals surface area contributed by atoms with Gasteiger partial charge in [-0.25, -0.2) is 13.1 Å². The molecule has 0 fully saturated rings. The minimum absolute atomic E-state index is 0.115. The molecule has 0 saturated carbocycles. The second kappa shape index (κ2) is 6.12. The molecule has 1 aromatic heterocycles. The quantitative estimate of drug-likeness (QED) is 0.842. The van der Waals surface area contributed by atoms with Gasteiger partial charge in [0.2, 0.25) is 10.0 Å². The van der Waals surface area contributed by atoms with Crippen molar-refractivity contribution in [1.82, 2.24) is 9.71 Å². The first kappa shape index (κ1) is 15.6. The molecule has 4 nitrogen and oxygen atoms in total. The van der Waals surface area contributed by atoms with Gasteiger partial charge in [-0.05, 0) is 24.0 Å². The van der Waals surface area contributed by atoms with Crippen molar-refractivity contribution in [2.24, 2.45) is 5.41 Å². The monoisotopic (exact) mass is 334 g/mol. The molecular weight excluding hydrogens is 316 g/mol. The highest BCUT2D eigenvalue weighted by molar-refractivity contribution is 9.09. The maximum Gasteiger partial charge on any atom is 0.242 e. The second-order valence-corrected chi connectivity index (χ2v) is 8.46. The van der Waals surface area contributed by atoms with Crippen LogP contribution in [0.2, 0.25) is 0 Å². The van der Waals surface area contributed by atoms with Crippen LogP contribution < -0.4 is 4.72 Å². The van der Waals surface area contributed by atoms with Crippen molar-refractivity contribution in [3.05, 3.63) is 24.5 Å². The highest BCUT2D eigenvalue weighted by Gasteiger charge is 2.19. The van der Waals surface area contributed by atoms with E-state index in [1.807, 2.05) is 0 Å². The lowest BCUT2D eigenvalue weighted by atomic mass is 9.91. The molecule has 0 spiro atoms.